The van der Waals surface area contributed by atoms with E-state index in [-0.39, 0.29) is 5.82 Å². The van der Waals surface area contributed by atoms with Gasteiger partial charge in [-0.1, -0.05) is 71.9 Å². The van der Waals surface area contributed by atoms with Crippen molar-refractivity contribution in [2.45, 2.75) is 24.1 Å². The smallest absolute Gasteiger partial charge is 0.247 e. The molecule has 0 saturated carbocycles. The van der Waals surface area contributed by atoms with Crippen LogP contribution in [0.15, 0.2) is 78.0 Å². The molecule has 0 fully saturated rings. The van der Waals surface area contributed by atoms with Gasteiger partial charge >= 0.3 is 0 Å². The van der Waals surface area contributed by atoms with Gasteiger partial charge in [-0.25, -0.2) is 4.39 Å². The molecule has 0 amide bonds. The van der Waals surface area contributed by atoms with E-state index in [0.29, 0.717) is 16.7 Å². The molecule has 1 aliphatic heterocycles. The first-order valence-corrected chi connectivity index (χ1v) is 10.9. The maximum absolute atomic E-state index is 13.4. The van der Waals surface area contributed by atoms with Crippen molar-refractivity contribution in [3.05, 3.63) is 95.3 Å². The third-order valence-electron chi connectivity index (χ3n) is 4.99. The van der Waals surface area contributed by atoms with Gasteiger partial charge in [-0.05, 0) is 30.7 Å². The summed E-state index contributed by atoms with van der Waals surface area (Å²) in [7, 11) is 0. The predicted octanol–water partition coefficient (Wildman–Crippen LogP) is 5.78. The van der Waals surface area contributed by atoms with Crippen LogP contribution in [-0.2, 0) is 5.75 Å². The summed E-state index contributed by atoms with van der Waals surface area (Å²) in [6.07, 6.45) is -0.533. The molecule has 31 heavy (non-hydrogen) atoms. The first kappa shape index (κ1) is 19.5. The van der Waals surface area contributed by atoms with Crippen molar-refractivity contribution < 1.29 is 9.13 Å². The molecule has 1 aromatic heterocycles. The second-order valence-corrected chi connectivity index (χ2v) is 8.20. The van der Waals surface area contributed by atoms with Gasteiger partial charge in [0.2, 0.25) is 11.0 Å². The fourth-order valence-corrected chi connectivity index (χ4v) is 4.06. The fourth-order valence-electron chi connectivity index (χ4n) is 3.33. The highest BCUT2D eigenvalue weighted by Crippen LogP contribution is 2.39. The number of hydrogen-bond donors (Lipinski definition) is 1. The van der Waals surface area contributed by atoms with Crippen LogP contribution in [0.3, 0.4) is 0 Å². The van der Waals surface area contributed by atoms with Gasteiger partial charge < -0.3 is 10.1 Å². The number of nitrogens with zero attached hydrogens (tertiary/aromatic N) is 3. The minimum absolute atomic E-state index is 0.294. The zero-order valence-electron chi connectivity index (χ0n) is 16.7. The average Bonchev–Trinajstić information content (AvgIpc) is 2.96. The standard InChI is InChI=1S/C24H19FN4OS/c1-15-6-8-16(9-7-15)14-31-24-27-23-21(28-29-24)19-4-2-3-5-20(19)26-22(30-23)17-10-12-18(25)13-11-17/h2-13,22,26H,14H2,1H3/t22-/m0/s1. The topological polar surface area (TPSA) is 59.9 Å². The minimum atomic E-state index is -0.533. The SMILES string of the molecule is Cc1ccc(CSc2nnc3c(n2)O[C@@H](c2ccc(F)cc2)Nc2ccccc2-3)cc1. The van der Waals surface area contributed by atoms with E-state index in [0.717, 1.165) is 22.6 Å². The third kappa shape index (κ3) is 4.22. The highest BCUT2D eigenvalue weighted by Gasteiger charge is 2.26. The molecular weight excluding hydrogens is 411 g/mol. The first-order valence-electron chi connectivity index (χ1n) is 9.87. The summed E-state index contributed by atoms with van der Waals surface area (Å²) >= 11 is 1.50. The molecule has 0 spiro atoms. The summed E-state index contributed by atoms with van der Waals surface area (Å²) in [4.78, 5) is 4.65. The minimum Gasteiger partial charge on any atom is -0.448 e. The molecule has 0 unspecified atom stereocenters. The average molecular weight is 431 g/mol. The number of benzene rings is 3. The number of thioether (sulfide) groups is 1. The van der Waals surface area contributed by atoms with Crippen molar-refractivity contribution in [2.24, 2.45) is 0 Å². The van der Waals surface area contributed by atoms with Crippen LogP contribution in [0.4, 0.5) is 10.1 Å². The normalized spacial score (nSPS) is 14.6. The van der Waals surface area contributed by atoms with Crippen LogP contribution >= 0.6 is 11.8 Å². The maximum atomic E-state index is 13.4. The van der Waals surface area contributed by atoms with Gasteiger partial charge in [0, 0.05) is 22.6 Å². The molecule has 1 N–H and O–H groups in total. The Morgan fingerprint density at radius 1 is 0.968 bits per heavy atom. The number of rotatable bonds is 4. The molecule has 0 radical (unpaired) electrons. The molecule has 7 heteroatoms. The number of halogens is 1. The summed E-state index contributed by atoms with van der Waals surface area (Å²) in [6, 6.07) is 22.4. The second-order valence-electron chi connectivity index (χ2n) is 7.26. The quantitative estimate of drug-likeness (QED) is 0.414. The van der Waals surface area contributed by atoms with Gasteiger partial charge in [-0.3, -0.25) is 0 Å². The summed E-state index contributed by atoms with van der Waals surface area (Å²) in [5, 5.41) is 12.7. The highest BCUT2D eigenvalue weighted by molar-refractivity contribution is 7.98. The van der Waals surface area contributed by atoms with E-state index in [1.807, 2.05) is 24.3 Å². The molecule has 1 atom stereocenters. The van der Waals surface area contributed by atoms with Gasteiger partial charge in [0.15, 0.2) is 11.9 Å². The maximum Gasteiger partial charge on any atom is 0.247 e. The van der Waals surface area contributed by atoms with Crippen molar-refractivity contribution in [2.75, 3.05) is 5.32 Å². The van der Waals surface area contributed by atoms with E-state index in [1.165, 1.54) is 35.0 Å². The lowest BCUT2D eigenvalue weighted by Gasteiger charge is -2.19. The number of aromatic nitrogens is 3. The summed E-state index contributed by atoms with van der Waals surface area (Å²) in [5.41, 5.74) is 5.49. The largest absolute Gasteiger partial charge is 0.448 e. The van der Waals surface area contributed by atoms with Crippen LogP contribution in [-0.4, -0.2) is 15.2 Å². The van der Waals surface area contributed by atoms with E-state index in [1.54, 1.807) is 12.1 Å². The van der Waals surface area contributed by atoms with Crippen LogP contribution in [0.2, 0.25) is 0 Å². The van der Waals surface area contributed by atoms with E-state index in [2.05, 4.69) is 51.7 Å². The Kier molecular flexibility index (Phi) is 5.26. The molecule has 154 valence electrons. The molecule has 0 aliphatic carbocycles. The molecule has 0 bridgehead atoms. The molecule has 5 rings (SSSR count). The van der Waals surface area contributed by atoms with Crippen molar-refractivity contribution in [3.63, 3.8) is 0 Å². The summed E-state index contributed by atoms with van der Waals surface area (Å²) in [5.74, 6) is 0.835. The molecular formula is C24H19FN4OS. The molecule has 3 aromatic carbocycles. The van der Waals surface area contributed by atoms with Gasteiger partial charge in [0.25, 0.3) is 0 Å². The van der Waals surface area contributed by atoms with Crippen LogP contribution in [0.25, 0.3) is 11.3 Å². The van der Waals surface area contributed by atoms with Gasteiger partial charge in [-0.15, -0.1) is 10.2 Å². The van der Waals surface area contributed by atoms with Gasteiger partial charge in [0.05, 0.1) is 0 Å². The number of aryl methyl sites for hydroxylation is 1. The predicted molar refractivity (Wildman–Crippen MR) is 119 cm³/mol. The van der Waals surface area contributed by atoms with E-state index >= 15 is 0 Å². The zero-order valence-corrected chi connectivity index (χ0v) is 17.6. The van der Waals surface area contributed by atoms with Gasteiger partial charge in [-0.2, -0.15) is 4.98 Å². The summed E-state index contributed by atoms with van der Waals surface area (Å²) in [6.45, 7) is 2.07. The fraction of sp³-hybridized carbons (Fsp3) is 0.125. The van der Waals surface area contributed by atoms with E-state index in [9.17, 15) is 4.39 Å². The molecule has 5 nitrogen and oxygen atoms in total. The Morgan fingerprint density at radius 2 is 1.74 bits per heavy atom. The monoisotopic (exact) mass is 430 g/mol. The van der Waals surface area contributed by atoms with E-state index in [4.69, 9.17) is 4.74 Å². The molecule has 2 heterocycles. The number of hydrogen-bond acceptors (Lipinski definition) is 6. The summed E-state index contributed by atoms with van der Waals surface area (Å²) < 4.78 is 19.6. The lowest BCUT2D eigenvalue weighted by molar-refractivity contribution is 0.225. The Morgan fingerprint density at radius 3 is 2.55 bits per heavy atom. The Labute approximate surface area is 183 Å². The van der Waals surface area contributed by atoms with Crippen molar-refractivity contribution in [3.8, 4) is 17.1 Å². The third-order valence-corrected chi connectivity index (χ3v) is 5.90. The van der Waals surface area contributed by atoms with Crippen LogP contribution < -0.4 is 10.1 Å². The number of ether oxygens (including phenoxy) is 1. The second kappa shape index (κ2) is 8.35. The molecule has 1 aliphatic rings. The Bertz CT molecular complexity index is 1220. The highest BCUT2D eigenvalue weighted by atomic mass is 32.2. The lowest BCUT2D eigenvalue weighted by atomic mass is 10.1. The Balaban J connectivity index is 1.47. The Hall–Kier alpha value is -3.45. The van der Waals surface area contributed by atoms with Crippen molar-refractivity contribution in [1.82, 2.24) is 15.2 Å². The number of fused-ring (bicyclic) bond motifs is 3. The van der Waals surface area contributed by atoms with E-state index < -0.39 is 6.23 Å². The van der Waals surface area contributed by atoms with Crippen LogP contribution in [0, 0.1) is 12.7 Å². The lowest BCUT2D eigenvalue weighted by Crippen LogP contribution is -2.17. The number of para-hydroxylation sites is 1. The molecule has 4 aromatic rings. The van der Waals surface area contributed by atoms with Crippen LogP contribution in [0.1, 0.15) is 22.9 Å². The first-order chi connectivity index (χ1) is 15.2. The van der Waals surface area contributed by atoms with Gasteiger partial charge in [0.1, 0.15) is 5.82 Å². The molecule has 0 saturated heterocycles. The van der Waals surface area contributed by atoms with Crippen molar-refractivity contribution >= 4 is 17.4 Å². The zero-order chi connectivity index (χ0) is 21.2. The van der Waals surface area contributed by atoms with Crippen LogP contribution in [0.5, 0.6) is 5.88 Å². The number of nitrogens with one attached hydrogen (secondary N) is 1. The number of anilines is 1. The van der Waals surface area contributed by atoms with Crippen molar-refractivity contribution in [1.29, 1.82) is 0 Å².